The standard InChI is InChI=1S/C18H27N3O4/c1-14(2)13-25-18(22)21-7-5-20(6-8-21)4-3-15-11-16-17(12-19-15)24-10-9-23-16/h11-12,14H,3-10,13H2,1-2H3. The molecule has 1 aromatic heterocycles. The number of pyridine rings is 1. The Kier molecular flexibility index (Phi) is 5.96. The first-order chi connectivity index (χ1) is 12.1. The summed E-state index contributed by atoms with van der Waals surface area (Å²) in [5, 5.41) is 0. The second kappa shape index (κ2) is 8.38. The molecule has 1 aromatic rings. The Morgan fingerprint density at radius 3 is 2.64 bits per heavy atom. The Balaban J connectivity index is 1.41. The maximum Gasteiger partial charge on any atom is 0.409 e. The average molecular weight is 349 g/mol. The van der Waals surface area contributed by atoms with Gasteiger partial charge in [0, 0.05) is 50.9 Å². The number of carbonyl (C=O) groups excluding carboxylic acids is 1. The highest BCUT2D eigenvalue weighted by Gasteiger charge is 2.22. The monoisotopic (exact) mass is 349 g/mol. The molecule has 0 bridgehead atoms. The fourth-order valence-electron chi connectivity index (χ4n) is 2.88. The Hall–Kier alpha value is -2.02. The molecular formula is C18H27N3O4. The Bertz CT molecular complexity index is 586. The van der Waals surface area contributed by atoms with Crippen LogP contribution in [-0.4, -0.2) is 73.4 Å². The van der Waals surface area contributed by atoms with Gasteiger partial charge in [-0.2, -0.15) is 0 Å². The maximum atomic E-state index is 12.0. The largest absolute Gasteiger partial charge is 0.486 e. The van der Waals surface area contributed by atoms with Crippen molar-refractivity contribution >= 4 is 6.09 Å². The van der Waals surface area contributed by atoms with Gasteiger partial charge in [0.15, 0.2) is 11.5 Å². The summed E-state index contributed by atoms with van der Waals surface area (Å²) in [5.74, 6) is 1.88. The molecule has 0 aliphatic carbocycles. The van der Waals surface area contributed by atoms with Crippen molar-refractivity contribution in [2.24, 2.45) is 5.92 Å². The molecule has 2 aliphatic heterocycles. The lowest BCUT2D eigenvalue weighted by Crippen LogP contribution is -2.49. The molecule has 7 nitrogen and oxygen atoms in total. The fourth-order valence-corrected chi connectivity index (χ4v) is 2.88. The quantitative estimate of drug-likeness (QED) is 0.808. The molecule has 0 spiro atoms. The Morgan fingerprint density at radius 2 is 1.92 bits per heavy atom. The second-order valence-electron chi connectivity index (χ2n) is 6.87. The van der Waals surface area contributed by atoms with E-state index < -0.39 is 0 Å². The van der Waals surface area contributed by atoms with Crippen molar-refractivity contribution in [2.75, 3.05) is 52.5 Å². The lowest BCUT2D eigenvalue weighted by atomic mass is 10.2. The van der Waals surface area contributed by atoms with Gasteiger partial charge in [-0.15, -0.1) is 0 Å². The molecular weight excluding hydrogens is 322 g/mol. The van der Waals surface area contributed by atoms with Crippen LogP contribution in [0.5, 0.6) is 11.5 Å². The van der Waals surface area contributed by atoms with Gasteiger partial charge in [0.05, 0.1) is 12.8 Å². The highest BCUT2D eigenvalue weighted by molar-refractivity contribution is 5.67. The topological polar surface area (TPSA) is 64.1 Å². The molecule has 1 fully saturated rings. The summed E-state index contributed by atoms with van der Waals surface area (Å²) in [6.45, 7) is 9.80. The van der Waals surface area contributed by atoms with Crippen LogP contribution in [0.4, 0.5) is 4.79 Å². The Labute approximate surface area is 148 Å². The number of ether oxygens (including phenoxy) is 3. The molecule has 0 unspecified atom stereocenters. The maximum absolute atomic E-state index is 12.0. The minimum Gasteiger partial charge on any atom is -0.486 e. The van der Waals surface area contributed by atoms with Crippen molar-refractivity contribution in [1.82, 2.24) is 14.8 Å². The van der Waals surface area contributed by atoms with E-state index in [1.54, 1.807) is 11.1 Å². The van der Waals surface area contributed by atoms with Gasteiger partial charge in [-0.05, 0) is 5.92 Å². The summed E-state index contributed by atoms with van der Waals surface area (Å²) in [7, 11) is 0. The van der Waals surface area contributed by atoms with Gasteiger partial charge in [0.25, 0.3) is 0 Å². The number of carbonyl (C=O) groups is 1. The summed E-state index contributed by atoms with van der Waals surface area (Å²) in [6.07, 6.45) is 2.41. The summed E-state index contributed by atoms with van der Waals surface area (Å²) in [4.78, 5) is 20.6. The number of aromatic nitrogens is 1. The lowest BCUT2D eigenvalue weighted by molar-refractivity contribution is 0.0693. The second-order valence-corrected chi connectivity index (χ2v) is 6.87. The van der Waals surface area contributed by atoms with Crippen LogP contribution < -0.4 is 9.47 Å². The number of amides is 1. The zero-order chi connectivity index (χ0) is 17.6. The third-order valence-corrected chi connectivity index (χ3v) is 4.34. The fraction of sp³-hybridized carbons (Fsp3) is 0.667. The van der Waals surface area contributed by atoms with Crippen molar-refractivity contribution in [1.29, 1.82) is 0 Å². The molecule has 0 aromatic carbocycles. The molecule has 2 aliphatic rings. The van der Waals surface area contributed by atoms with Crippen LogP contribution in [0.1, 0.15) is 19.5 Å². The first-order valence-corrected chi connectivity index (χ1v) is 9.00. The zero-order valence-electron chi connectivity index (χ0n) is 15.1. The molecule has 0 saturated carbocycles. The lowest BCUT2D eigenvalue weighted by Gasteiger charge is -2.34. The normalized spacial score (nSPS) is 17.6. The van der Waals surface area contributed by atoms with E-state index in [9.17, 15) is 4.79 Å². The van der Waals surface area contributed by atoms with E-state index in [0.717, 1.165) is 43.2 Å². The predicted molar refractivity (Wildman–Crippen MR) is 93.1 cm³/mol. The van der Waals surface area contributed by atoms with Gasteiger partial charge >= 0.3 is 6.09 Å². The van der Waals surface area contributed by atoms with Gasteiger partial charge in [-0.1, -0.05) is 13.8 Å². The molecule has 0 N–H and O–H groups in total. The summed E-state index contributed by atoms with van der Waals surface area (Å²) in [5.41, 5.74) is 1.00. The minimum atomic E-state index is -0.193. The van der Waals surface area contributed by atoms with Crippen LogP contribution in [0.25, 0.3) is 0 Å². The molecule has 0 atom stereocenters. The SMILES string of the molecule is CC(C)COC(=O)N1CCN(CCc2cc3c(cn2)OCCO3)CC1. The molecule has 1 amide bonds. The van der Waals surface area contributed by atoms with Crippen molar-refractivity contribution in [2.45, 2.75) is 20.3 Å². The number of nitrogens with zero attached hydrogens (tertiary/aromatic N) is 3. The third-order valence-electron chi connectivity index (χ3n) is 4.34. The summed E-state index contributed by atoms with van der Waals surface area (Å²) < 4.78 is 16.4. The first kappa shape index (κ1) is 17.8. The van der Waals surface area contributed by atoms with Crippen molar-refractivity contribution in [3.63, 3.8) is 0 Å². The van der Waals surface area contributed by atoms with Gasteiger partial charge in [0.2, 0.25) is 0 Å². The number of rotatable bonds is 5. The van der Waals surface area contributed by atoms with E-state index in [1.165, 1.54) is 0 Å². The molecule has 3 rings (SSSR count). The minimum absolute atomic E-state index is 0.193. The molecule has 7 heteroatoms. The molecule has 138 valence electrons. The number of hydrogen-bond acceptors (Lipinski definition) is 6. The van der Waals surface area contributed by atoms with E-state index >= 15 is 0 Å². The number of hydrogen-bond donors (Lipinski definition) is 0. The third kappa shape index (κ3) is 4.98. The van der Waals surface area contributed by atoms with E-state index in [0.29, 0.717) is 38.8 Å². The molecule has 0 radical (unpaired) electrons. The van der Waals surface area contributed by atoms with Crippen LogP contribution >= 0.6 is 0 Å². The number of piperazine rings is 1. The Morgan fingerprint density at radius 1 is 1.20 bits per heavy atom. The van der Waals surface area contributed by atoms with Crippen LogP contribution in [0, 0.1) is 5.92 Å². The number of fused-ring (bicyclic) bond motifs is 1. The predicted octanol–water partition coefficient (Wildman–Crippen LogP) is 1.81. The summed E-state index contributed by atoms with van der Waals surface area (Å²) in [6, 6.07) is 1.97. The van der Waals surface area contributed by atoms with Gasteiger partial charge in [-0.25, -0.2) is 4.79 Å². The highest BCUT2D eigenvalue weighted by Crippen LogP contribution is 2.29. The van der Waals surface area contributed by atoms with Gasteiger partial charge in [0.1, 0.15) is 13.2 Å². The van der Waals surface area contributed by atoms with Gasteiger partial charge < -0.3 is 19.1 Å². The van der Waals surface area contributed by atoms with Crippen LogP contribution in [-0.2, 0) is 11.2 Å². The van der Waals surface area contributed by atoms with E-state index in [4.69, 9.17) is 14.2 Å². The van der Waals surface area contributed by atoms with Crippen LogP contribution in [0.15, 0.2) is 12.3 Å². The van der Waals surface area contributed by atoms with E-state index in [-0.39, 0.29) is 6.09 Å². The van der Waals surface area contributed by atoms with Gasteiger partial charge in [-0.3, -0.25) is 9.88 Å². The molecule has 1 saturated heterocycles. The first-order valence-electron chi connectivity index (χ1n) is 9.00. The zero-order valence-corrected chi connectivity index (χ0v) is 15.1. The molecule has 25 heavy (non-hydrogen) atoms. The van der Waals surface area contributed by atoms with E-state index in [2.05, 4.69) is 9.88 Å². The molecule has 3 heterocycles. The van der Waals surface area contributed by atoms with Crippen molar-refractivity contribution in [3.05, 3.63) is 18.0 Å². The smallest absolute Gasteiger partial charge is 0.409 e. The highest BCUT2D eigenvalue weighted by atomic mass is 16.6. The van der Waals surface area contributed by atoms with Crippen molar-refractivity contribution < 1.29 is 19.0 Å². The van der Waals surface area contributed by atoms with Crippen LogP contribution in [0.3, 0.4) is 0 Å². The van der Waals surface area contributed by atoms with Crippen molar-refractivity contribution in [3.8, 4) is 11.5 Å². The van der Waals surface area contributed by atoms with Crippen LogP contribution in [0.2, 0.25) is 0 Å². The van der Waals surface area contributed by atoms with E-state index in [1.807, 2.05) is 19.9 Å². The summed E-state index contributed by atoms with van der Waals surface area (Å²) >= 11 is 0. The average Bonchev–Trinajstić information content (AvgIpc) is 2.64.